The van der Waals surface area contributed by atoms with Gasteiger partial charge in [0.25, 0.3) is 0 Å². The summed E-state index contributed by atoms with van der Waals surface area (Å²) in [5, 5.41) is 0. The molecule has 0 bridgehead atoms. The van der Waals surface area contributed by atoms with E-state index in [-0.39, 0.29) is 0 Å². The standard InChI is InChI=1S/C8H10NO/c1-3-7-8(10-2)5-4-6-9-7/h3-6H,1-2H3. The Hall–Kier alpha value is -1.05. The molecule has 1 rings (SSSR count). The molecule has 0 aliphatic carbocycles. The van der Waals surface area contributed by atoms with Crippen molar-refractivity contribution in [2.24, 2.45) is 0 Å². The van der Waals surface area contributed by atoms with Crippen LogP contribution in [-0.4, -0.2) is 12.1 Å². The number of nitrogens with zero attached hydrogens (tertiary/aromatic N) is 1. The lowest BCUT2D eigenvalue weighted by atomic mass is 10.3. The highest BCUT2D eigenvalue weighted by atomic mass is 16.5. The number of aromatic nitrogens is 1. The largest absolute Gasteiger partial charge is 0.495 e. The minimum absolute atomic E-state index is 0.824. The third-order valence-corrected chi connectivity index (χ3v) is 1.29. The minimum atomic E-state index is 0.824. The smallest absolute Gasteiger partial charge is 0.140 e. The Bertz CT molecular complexity index is 187. The molecule has 0 fully saturated rings. The Morgan fingerprint density at radius 1 is 1.60 bits per heavy atom. The van der Waals surface area contributed by atoms with Crippen LogP contribution in [0.2, 0.25) is 0 Å². The molecule has 0 aromatic carbocycles. The molecule has 0 unspecified atom stereocenters. The van der Waals surface area contributed by atoms with Crippen LogP contribution in [0.3, 0.4) is 0 Å². The quantitative estimate of drug-likeness (QED) is 0.616. The van der Waals surface area contributed by atoms with E-state index in [1.165, 1.54) is 0 Å². The highest BCUT2D eigenvalue weighted by Crippen LogP contribution is 2.14. The molecule has 0 saturated heterocycles. The molecule has 0 aliphatic heterocycles. The third-order valence-electron chi connectivity index (χ3n) is 1.29. The van der Waals surface area contributed by atoms with Gasteiger partial charge in [-0.25, -0.2) is 0 Å². The second-order valence-electron chi connectivity index (χ2n) is 1.88. The molecule has 2 heteroatoms. The summed E-state index contributed by atoms with van der Waals surface area (Å²) in [7, 11) is 1.64. The Morgan fingerprint density at radius 3 is 2.90 bits per heavy atom. The molecule has 2 nitrogen and oxygen atoms in total. The van der Waals surface area contributed by atoms with Crippen molar-refractivity contribution in [3.8, 4) is 5.75 Å². The molecule has 0 N–H and O–H groups in total. The summed E-state index contributed by atoms with van der Waals surface area (Å²) in [5.74, 6) is 0.824. The van der Waals surface area contributed by atoms with Crippen LogP contribution < -0.4 is 4.74 Å². The van der Waals surface area contributed by atoms with Gasteiger partial charge in [0.05, 0.1) is 12.8 Å². The molecule has 0 amide bonds. The van der Waals surface area contributed by atoms with Crippen molar-refractivity contribution in [2.75, 3.05) is 7.11 Å². The number of ether oxygens (including phenoxy) is 1. The summed E-state index contributed by atoms with van der Waals surface area (Å²) in [5.41, 5.74) is 0.894. The first-order valence-electron chi connectivity index (χ1n) is 3.17. The first-order valence-corrected chi connectivity index (χ1v) is 3.17. The zero-order chi connectivity index (χ0) is 7.40. The third kappa shape index (κ3) is 1.26. The number of rotatable bonds is 2. The van der Waals surface area contributed by atoms with E-state index in [1.54, 1.807) is 13.3 Å². The van der Waals surface area contributed by atoms with E-state index in [0.29, 0.717) is 0 Å². The number of pyridine rings is 1. The van der Waals surface area contributed by atoms with Gasteiger partial charge in [-0.05, 0) is 12.1 Å². The van der Waals surface area contributed by atoms with Gasteiger partial charge in [0.15, 0.2) is 0 Å². The Labute approximate surface area is 60.9 Å². The lowest BCUT2D eigenvalue weighted by Crippen LogP contribution is -1.90. The minimum Gasteiger partial charge on any atom is -0.495 e. The van der Waals surface area contributed by atoms with Crippen LogP contribution in [0.1, 0.15) is 12.6 Å². The molecule has 1 radical (unpaired) electrons. The highest BCUT2D eigenvalue weighted by Gasteiger charge is 1.97. The number of hydrogen-bond donors (Lipinski definition) is 0. The predicted octanol–water partition coefficient (Wildman–Crippen LogP) is 1.66. The monoisotopic (exact) mass is 136 g/mol. The second-order valence-corrected chi connectivity index (χ2v) is 1.88. The molecule has 10 heavy (non-hydrogen) atoms. The fourth-order valence-electron chi connectivity index (χ4n) is 0.792. The SMILES string of the molecule is C[CH]c1ncccc1OC. The first-order chi connectivity index (χ1) is 4.88. The van der Waals surface area contributed by atoms with E-state index < -0.39 is 0 Å². The Kier molecular flexibility index (Phi) is 2.26. The molecule has 1 aromatic rings. The van der Waals surface area contributed by atoms with E-state index in [1.807, 2.05) is 25.5 Å². The van der Waals surface area contributed by atoms with E-state index in [9.17, 15) is 0 Å². The van der Waals surface area contributed by atoms with Crippen molar-refractivity contribution in [2.45, 2.75) is 6.92 Å². The topological polar surface area (TPSA) is 22.1 Å². The molecule has 1 heterocycles. The predicted molar refractivity (Wildman–Crippen MR) is 39.9 cm³/mol. The van der Waals surface area contributed by atoms with Crippen LogP contribution in [0.5, 0.6) is 5.75 Å². The zero-order valence-electron chi connectivity index (χ0n) is 6.16. The maximum absolute atomic E-state index is 5.04. The molecule has 0 atom stereocenters. The summed E-state index contributed by atoms with van der Waals surface area (Å²) in [6, 6.07) is 3.74. The summed E-state index contributed by atoms with van der Waals surface area (Å²) >= 11 is 0. The van der Waals surface area contributed by atoms with E-state index in [2.05, 4.69) is 4.98 Å². The van der Waals surface area contributed by atoms with Crippen LogP contribution in [0.15, 0.2) is 18.3 Å². The zero-order valence-corrected chi connectivity index (χ0v) is 6.16. The average molecular weight is 136 g/mol. The molecular weight excluding hydrogens is 126 g/mol. The van der Waals surface area contributed by atoms with Gasteiger partial charge in [-0.1, -0.05) is 6.92 Å². The van der Waals surface area contributed by atoms with Crippen molar-refractivity contribution in [1.29, 1.82) is 0 Å². The van der Waals surface area contributed by atoms with Crippen molar-refractivity contribution in [3.05, 3.63) is 30.4 Å². The maximum Gasteiger partial charge on any atom is 0.140 e. The van der Waals surface area contributed by atoms with Crippen molar-refractivity contribution in [3.63, 3.8) is 0 Å². The number of methoxy groups -OCH3 is 1. The van der Waals surface area contributed by atoms with E-state index in [0.717, 1.165) is 11.4 Å². The van der Waals surface area contributed by atoms with Gasteiger partial charge in [-0.15, -0.1) is 0 Å². The van der Waals surface area contributed by atoms with Crippen molar-refractivity contribution in [1.82, 2.24) is 4.98 Å². The van der Waals surface area contributed by atoms with Gasteiger partial charge in [-0.2, -0.15) is 0 Å². The fraction of sp³-hybridized carbons (Fsp3) is 0.250. The normalized spacial score (nSPS) is 9.40. The van der Waals surface area contributed by atoms with E-state index >= 15 is 0 Å². The van der Waals surface area contributed by atoms with Gasteiger partial charge in [0.2, 0.25) is 0 Å². The van der Waals surface area contributed by atoms with Gasteiger partial charge >= 0.3 is 0 Å². The molecule has 1 aromatic heterocycles. The molecule has 0 saturated carbocycles. The highest BCUT2D eigenvalue weighted by molar-refractivity contribution is 5.31. The average Bonchev–Trinajstić information content (AvgIpc) is 2.04. The van der Waals surface area contributed by atoms with Crippen LogP contribution in [-0.2, 0) is 0 Å². The second kappa shape index (κ2) is 3.20. The summed E-state index contributed by atoms with van der Waals surface area (Å²) in [4.78, 5) is 4.09. The van der Waals surface area contributed by atoms with Gasteiger partial charge < -0.3 is 4.74 Å². The van der Waals surface area contributed by atoms with Crippen LogP contribution in [0.4, 0.5) is 0 Å². The number of hydrogen-bond acceptors (Lipinski definition) is 2. The molecule has 0 spiro atoms. The van der Waals surface area contributed by atoms with Crippen molar-refractivity contribution < 1.29 is 4.74 Å². The maximum atomic E-state index is 5.04. The van der Waals surface area contributed by atoms with Gasteiger partial charge in [0.1, 0.15) is 5.75 Å². The lowest BCUT2D eigenvalue weighted by Gasteiger charge is -2.02. The van der Waals surface area contributed by atoms with E-state index in [4.69, 9.17) is 4.74 Å². The summed E-state index contributed by atoms with van der Waals surface area (Å²) < 4.78 is 5.04. The first kappa shape index (κ1) is 7.06. The van der Waals surface area contributed by atoms with Crippen LogP contribution in [0.25, 0.3) is 0 Å². The van der Waals surface area contributed by atoms with Gasteiger partial charge in [0, 0.05) is 12.6 Å². The fourth-order valence-corrected chi connectivity index (χ4v) is 0.792. The molecule has 0 aliphatic rings. The Balaban J connectivity index is 2.96. The van der Waals surface area contributed by atoms with Crippen LogP contribution in [0, 0.1) is 6.42 Å². The van der Waals surface area contributed by atoms with Gasteiger partial charge in [-0.3, -0.25) is 4.98 Å². The summed E-state index contributed by atoms with van der Waals surface area (Å²) in [6.07, 6.45) is 3.66. The summed E-state index contributed by atoms with van der Waals surface area (Å²) in [6.45, 7) is 1.94. The van der Waals surface area contributed by atoms with Crippen molar-refractivity contribution >= 4 is 0 Å². The lowest BCUT2D eigenvalue weighted by molar-refractivity contribution is 0.410. The molecule has 53 valence electrons. The van der Waals surface area contributed by atoms with Crippen LogP contribution >= 0.6 is 0 Å². The molecular formula is C8H10NO. The Morgan fingerprint density at radius 2 is 2.40 bits per heavy atom.